The monoisotopic (exact) mass is 1070 g/mol. The van der Waals surface area contributed by atoms with Gasteiger partial charge in [-0.2, -0.15) is 0 Å². The number of carbonyl (C=O) groups is 2. The van der Waals surface area contributed by atoms with Crippen LogP contribution in [-0.2, 0) is 32.7 Å². The summed E-state index contributed by atoms with van der Waals surface area (Å²) in [5.74, 6) is -0.806. The van der Waals surface area contributed by atoms with E-state index in [1.807, 2.05) is 21.1 Å². The van der Waals surface area contributed by atoms with Gasteiger partial charge in [-0.3, -0.25) is 18.6 Å². The van der Waals surface area contributed by atoms with Crippen molar-refractivity contribution in [3.05, 3.63) is 72.9 Å². The van der Waals surface area contributed by atoms with Gasteiger partial charge in [0.15, 0.2) is 6.10 Å². The minimum atomic E-state index is -4.40. The Morgan fingerprint density at radius 1 is 0.427 bits per heavy atom. The third-order valence-corrected chi connectivity index (χ3v) is 14.5. The Morgan fingerprint density at radius 3 is 1.13 bits per heavy atom. The highest BCUT2D eigenvalue weighted by molar-refractivity contribution is 7.47. The third kappa shape index (κ3) is 60.5. The number of nitrogens with zero attached hydrogens (tertiary/aromatic N) is 1. The molecule has 0 spiro atoms. The molecular weight excluding hydrogens is 954 g/mol. The van der Waals surface area contributed by atoms with E-state index in [0.717, 1.165) is 96.3 Å². The van der Waals surface area contributed by atoms with Crippen LogP contribution in [0.1, 0.15) is 277 Å². The summed E-state index contributed by atoms with van der Waals surface area (Å²) in [7, 11) is 1.47. The number of likely N-dealkylation sites (N-methyl/N-ethyl adjacent to an activating group) is 1. The Kier molecular flexibility index (Phi) is 54.3. The summed E-state index contributed by atoms with van der Waals surface area (Å²) in [5.41, 5.74) is 0. The number of rotatable bonds is 57. The summed E-state index contributed by atoms with van der Waals surface area (Å²) in [6.45, 7) is 4.34. The second kappa shape index (κ2) is 56.2. The van der Waals surface area contributed by atoms with Crippen molar-refractivity contribution in [2.24, 2.45) is 0 Å². The number of phosphoric ester groups is 1. The minimum absolute atomic E-state index is 0.0266. The lowest BCUT2D eigenvalue weighted by Crippen LogP contribution is -2.37. The van der Waals surface area contributed by atoms with Crippen LogP contribution in [0, 0.1) is 0 Å². The summed E-state index contributed by atoms with van der Waals surface area (Å²) in [6, 6.07) is 0. The third-order valence-electron chi connectivity index (χ3n) is 13.5. The van der Waals surface area contributed by atoms with E-state index >= 15 is 0 Å². The summed E-state index contributed by atoms with van der Waals surface area (Å²) in [5, 5.41) is 0. The van der Waals surface area contributed by atoms with Gasteiger partial charge in [0.05, 0.1) is 27.7 Å². The highest BCUT2D eigenvalue weighted by atomic mass is 31.2. The van der Waals surface area contributed by atoms with Gasteiger partial charge in [0.1, 0.15) is 19.8 Å². The van der Waals surface area contributed by atoms with Gasteiger partial charge in [0, 0.05) is 12.8 Å². The van der Waals surface area contributed by atoms with Gasteiger partial charge in [-0.05, 0) is 64.2 Å². The molecule has 436 valence electrons. The van der Waals surface area contributed by atoms with Crippen molar-refractivity contribution < 1.29 is 42.1 Å². The lowest BCUT2D eigenvalue weighted by Gasteiger charge is -2.24. The molecule has 0 fully saturated rings. The molecule has 9 nitrogen and oxygen atoms in total. The van der Waals surface area contributed by atoms with E-state index in [2.05, 4.69) is 86.8 Å². The van der Waals surface area contributed by atoms with Gasteiger partial charge in [-0.25, -0.2) is 4.57 Å². The van der Waals surface area contributed by atoms with Crippen LogP contribution in [0.5, 0.6) is 0 Å². The fourth-order valence-corrected chi connectivity index (χ4v) is 9.47. The molecule has 1 N–H and O–H groups in total. The van der Waals surface area contributed by atoms with Gasteiger partial charge >= 0.3 is 19.8 Å². The maximum atomic E-state index is 12.8. The quantitative estimate of drug-likeness (QED) is 0.0211. The van der Waals surface area contributed by atoms with E-state index in [9.17, 15) is 19.0 Å². The minimum Gasteiger partial charge on any atom is -0.462 e. The molecule has 0 radical (unpaired) electrons. The van der Waals surface area contributed by atoms with Crippen molar-refractivity contribution >= 4 is 19.8 Å². The number of quaternary nitrogens is 1. The Labute approximate surface area is 463 Å². The first-order valence-corrected chi connectivity index (χ1v) is 32.7. The summed E-state index contributed by atoms with van der Waals surface area (Å²) >= 11 is 0. The van der Waals surface area contributed by atoms with Gasteiger partial charge in [0.2, 0.25) is 0 Å². The molecule has 0 bridgehead atoms. The number of allylic oxidation sites excluding steroid dienone is 12. The van der Waals surface area contributed by atoms with Crippen LogP contribution in [0.4, 0.5) is 0 Å². The Bertz CT molecular complexity index is 1500. The average Bonchev–Trinajstić information content (AvgIpc) is 3.37. The second-order valence-electron chi connectivity index (χ2n) is 22.1. The summed E-state index contributed by atoms with van der Waals surface area (Å²) < 4.78 is 34.6. The van der Waals surface area contributed by atoms with Crippen LogP contribution in [0.3, 0.4) is 0 Å². The Morgan fingerprint density at radius 2 is 0.760 bits per heavy atom. The number of esters is 2. The SMILES string of the molecule is CC/C=C\C/C=C\C/C=C\C/C=C\C/C=C\C/C=C\CCCCCCCCC(=O)OC(COC(=O)CCCCCCCCCCCCCCCCCCCCCCCCCCCC)COP(=O)(O)OCC[N+](C)(C)C. The Hall–Kier alpha value is -2.55. The molecule has 0 saturated carbocycles. The second-order valence-corrected chi connectivity index (χ2v) is 23.5. The standard InChI is InChI=1S/C65H118NO8P/c1-6-8-10-12-14-16-18-20-22-24-26-28-30-32-34-35-37-39-41-43-45-47-49-51-53-55-57-64(67)71-61-63(62-73-75(69,70)72-60-59-66(3,4)5)74-65(68)58-56-54-52-50-48-46-44-42-40-38-36-33-31-29-27-25-23-21-19-17-15-13-11-9-7-2/h9,11,15,17,21,23,27,29,33,36,40,42,63H,6-8,10,12-14,16,18-20,22,24-26,28,30-32,34-35,37-39,41,43-62H2,1-5H3/p+1/b11-9-,17-15-,23-21-,29-27-,36-33-,42-40-. The number of unbranched alkanes of at least 4 members (excludes halogenated alkanes) is 31. The van der Waals surface area contributed by atoms with Crippen molar-refractivity contribution in [1.29, 1.82) is 0 Å². The molecule has 0 heterocycles. The molecule has 0 aromatic rings. The van der Waals surface area contributed by atoms with Crippen LogP contribution in [0.25, 0.3) is 0 Å². The first kappa shape index (κ1) is 72.5. The Balaban J connectivity index is 4.15. The molecule has 0 amide bonds. The van der Waals surface area contributed by atoms with Gasteiger partial charge in [-0.15, -0.1) is 0 Å². The topological polar surface area (TPSA) is 108 Å². The van der Waals surface area contributed by atoms with Crippen molar-refractivity contribution in [2.45, 2.75) is 283 Å². The molecule has 0 aliphatic carbocycles. The predicted molar refractivity (Wildman–Crippen MR) is 321 cm³/mol. The number of phosphoric acid groups is 1. The molecule has 0 aliphatic heterocycles. The zero-order valence-electron chi connectivity index (χ0n) is 49.5. The van der Waals surface area contributed by atoms with E-state index in [0.29, 0.717) is 17.4 Å². The molecule has 75 heavy (non-hydrogen) atoms. The lowest BCUT2D eigenvalue weighted by molar-refractivity contribution is -0.870. The predicted octanol–water partition coefficient (Wildman–Crippen LogP) is 19.7. The fraction of sp³-hybridized carbons (Fsp3) is 0.785. The molecule has 2 unspecified atom stereocenters. The summed E-state index contributed by atoms with van der Waals surface area (Å²) in [4.78, 5) is 35.8. The molecule has 0 aromatic carbocycles. The highest BCUT2D eigenvalue weighted by Crippen LogP contribution is 2.43. The van der Waals surface area contributed by atoms with Gasteiger partial charge in [0.25, 0.3) is 0 Å². The van der Waals surface area contributed by atoms with Gasteiger partial charge < -0.3 is 18.9 Å². The van der Waals surface area contributed by atoms with Crippen LogP contribution in [0.15, 0.2) is 72.9 Å². The van der Waals surface area contributed by atoms with E-state index in [1.165, 1.54) is 148 Å². The smallest absolute Gasteiger partial charge is 0.462 e. The van der Waals surface area contributed by atoms with Crippen LogP contribution in [0.2, 0.25) is 0 Å². The zero-order valence-corrected chi connectivity index (χ0v) is 50.4. The first-order chi connectivity index (χ1) is 36.5. The van der Waals surface area contributed by atoms with Crippen LogP contribution in [-0.4, -0.2) is 74.9 Å². The number of ether oxygens (including phenoxy) is 2. The van der Waals surface area contributed by atoms with E-state index in [-0.39, 0.29) is 32.0 Å². The highest BCUT2D eigenvalue weighted by Gasteiger charge is 2.27. The first-order valence-electron chi connectivity index (χ1n) is 31.2. The maximum Gasteiger partial charge on any atom is 0.472 e. The molecule has 0 aliphatic rings. The molecule has 2 atom stereocenters. The average molecular weight is 1070 g/mol. The van der Waals surface area contributed by atoms with Crippen LogP contribution >= 0.6 is 7.82 Å². The molecule has 10 heteroatoms. The van der Waals surface area contributed by atoms with Crippen molar-refractivity contribution in [3.8, 4) is 0 Å². The largest absolute Gasteiger partial charge is 0.472 e. The molecule has 0 rings (SSSR count). The molecule has 0 saturated heterocycles. The van der Waals surface area contributed by atoms with Crippen molar-refractivity contribution in [3.63, 3.8) is 0 Å². The summed E-state index contributed by atoms with van der Waals surface area (Å²) in [6.07, 6.45) is 74.1. The fourth-order valence-electron chi connectivity index (χ4n) is 8.73. The normalized spacial score (nSPS) is 13.7. The number of hydrogen-bond donors (Lipinski definition) is 1. The van der Waals surface area contributed by atoms with Crippen LogP contribution < -0.4 is 0 Å². The lowest BCUT2D eigenvalue weighted by atomic mass is 10.0. The number of hydrogen-bond acceptors (Lipinski definition) is 7. The number of carbonyl (C=O) groups excluding carboxylic acids is 2. The zero-order chi connectivity index (χ0) is 54.9. The van der Waals surface area contributed by atoms with Crippen molar-refractivity contribution in [1.82, 2.24) is 0 Å². The van der Waals surface area contributed by atoms with E-state index in [4.69, 9.17) is 18.5 Å². The molecule has 0 aromatic heterocycles. The van der Waals surface area contributed by atoms with Gasteiger partial charge in [-0.1, -0.05) is 273 Å². The van der Waals surface area contributed by atoms with Crippen molar-refractivity contribution in [2.75, 3.05) is 47.5 Å². The molecular formula is C65H119NO8P+. The maximum absolute atomic E-state index is 12.8. The van der Waals surface area contributed by atoms with E-state index < -0.39 is 26.5 Å². The van der Waals surface area contributed by atoms with E-state index in [1.54, 1.807) is 0 Å².